The Balaban J connectivity index is 1.24. The van der Waals surface area contributed by atoms with Crippen LogP contribution < -0.4 is 20.7 Å². The van der Waals surface area contributed by atoms with Gasteiger partial charge in [0.2, 0.25) is 5.91 Å². The highest BCUT2D eigenvalue weighted by Gasteiger charge is 2.57. The largest absolute Gasteiger partial charge is 0.484 e. The summed E-state index contributed by atoms with van der Waals surface area (Å²) in [6.45, 7) is 3.01. The number of rotatable bonds is 6. The number of carbonyl (C=O) groups excluding carboxylic acids is 2. The highest BCUT2D eigenvalue weighted by Crippen LogP contribution is 2.52. The molecular weight excluding hydrogens is 413 g/mol. The first-order valence-electron chi connectivity index (χ1n) is 10.3. The third-order valence-electron chi connectivity index (χ3n) is 6.46. The minimum absolute atomic E-state index is 0.0781. The number of amides is 2. The van der Waals surface area contributed by atoms with E-state index in [2.05, 4.69) is 22.9 Å². The van der Waals surface area contributed by atoms with E-state index in [9.17, 15) is 9.59 Å². The molecule has 1 aliphatic heterocycles. The normalized spacial score (nSPS) is 32.9. The number of carbonyl (C=O) groups is 2. The third-order valence-corrected chi connectivity index (χ3v) is 7.20. The van der Waals surface area contributed by atoms with Crippen LogP contribution in [0.2, 0.25) is 10.0 Å². The van der Waals surface area contributed by atoms with Crippen LogP contribution >= 0.6 is 23.2 Å². The highest BCUT2D eigenvalue weighted by atomic mass is 35.5. The molecule has 158 valence electrons. The molecule has 8 heteroatoms. The first kappa shape index (κ1) is 20.8. The smallest absolute Gasteiger partial charge is 0.258 e. The number of benzene rings is 1. The SMILES string of the molecule is CC1CCNC(C(=O)N[C@@H]2CC3(NC(=O)COc4ccc(Cl)c(Cl)c4)CC2C3)C1. The second kappa shape index (κ2) is 8.32. The Kier molecular flexibility index (Phi) is 5.96. The van der Waals surface area contributed by atoms with Crippen molar-refractivity contribution in [3.05, 3.63) is 28.2 Å². The predicted octanol–water partition coefficient (Wildman–Crippen LogP) is 2.91. The monoisotopic (exact) mass is 439 g/mol. The molecule has 0 radical (unpaired) electrons. The van der Waals surface area contributed by atoms with Crippen LogP contribution in [-0.2, 0) is 9.59 Å². The summed E-state index contributed by atoms with van der Waals surface area (Å²) < 4.78 is 5.52. The molecule has 3 N–H and O–H groups in total. The summed E-state index contributed by atoms with van der Waals surface area (Å²) >= 11 is 11.9. The molecule has 3 saturated carbocycles. The molecule has 1 saturated heterocycles. The Labute approximate surface area is 181 Å². The zero-order valence-electron chi connectivity index (χ0n) is 16.5. The molecule has 1 aromatic carbocycles. The first-order valence-corrected chi connectivity index (χ1v) is 11.0. The van der Waals surface area contributed by atoms with Gasteiger partial charge in [-0.3, -0.25) is 9.59 Å². The van der Waals surface area contributed by atoms with Crippen molar-refractivity contribution in [1.29, 1.82) is 0 Å². The lowest BCUT2D eigenvalue weighted by Crippen LogP contribution is -2.53. The van der Waals surface area contributed by atoms with Gasteiger partial charge in [0.05, 0.1) is 16.1 Å². The summed E-state index contributed by atoms with van der Waals surface area (Å²) in [5.74, 6) is 1.45. The fourth-order valence-corrected chi connectivity index (χ4v) is 5.23. The lowest BCUT2D eigenvalue weighted by Gasteiger charge is -2.39. The van der Waals surface area contributed by atoms with E-state index in [1.807, 2.05) is 0 Å². The lowest BCUT2D eigenvalue weighted by atomic mass is 9.76. The van der Waals surface area contributed by atoms with E-state index < -0.39 is 0 Å². The minimum Gasteiger partial charge on any atom is -0.484 e. The fraction of sp³-hybridized carbons (Fsp3) is 0.619. The topological polar surface area (TPSA) is 79.5 Å². The molecule has 1 aromatic rings. The predicted molar refractivity (Wildman–Crippen MR) is 112 cm³/mol. The number of nitrogens with one attached hydrogen (secondary N) is 3. The molecule has 1 heterocycles. The molecule has 2 amide bonds. The molecule has 5 rings (SSSR count). The van der Waals surface area contributed by atoms with Gasteiger partial charge in [0.1, 0.15) is 5.75 Å². The number of hydrogen-bond donors (Lipinski definition) is 3. The summed E-state index contributed by atoms with van der Waals surface area (Å²) in [6.07, 6.45) is 4.60. The average Bonchev–Trinajstić information content (AvgIpc) is 3.16. The van der Waals surface area contributed by atoms with Gasteiger partial charge in [0.25, 0.3) is 5.91 Å². The van der Waals surface area contributed by atoms with E-state index in [0.717, 1.165) is 38.6 Å². The average molecular weight is 440 g/mol. The van der Waals surface area contributed by atoms with Crippen LogP contribution in [0.5, 0.6) is 5.75 Å². The first-order chi connectivity index (χ1) is 13.8. The van der Waals surface area contributed by atoms with Gasteiger partial charge in [-0.05, 0) is 62.6 Å². The molecule has 29 heavy (non-hydrogen) atoms. The quantitative estimate of drug-likeness (QED) is 0.636. The van der Waals surface area contributed by atoms with Crippen LogP contribution in [0.15, 0.2) is 18.2 Å². The van der Waals surface area contributed by atoms with Crippen molar-refractivity contribution in [3.8, 4) is 5.75 Å². The summed E-state index contributed by atoms with van der Waals surface area (Å²) in [4.78, 5) is 25.0. The Bertz CT molecular complexity index is 797. The highest BCUT2D eigenvalue weighted by molar-refractivity contribution is 6.42. The van der Waals surface area contributed by atoms with Crippen molar-refractivity contribution in [2.75, 3.05) is 13.2 Å². The van der Waals surface area contributed by atoms with Gasteiger partial charge in [-0.2, -0.15) is 0 Å². The molecule has 0 aromatic heterocycles. The van der Waals surface area contributed by atoms with Crippen molar-refractivity contribution in [2.24, 2.45) is 11.8 Å². The molecule has 3 aliphatic carbocycles. The lowest BCUT2D eigenvalue weighted by molar-refractivity contribution is -0.126. The van der Waals surface area contributed by atoms with E-state index >= 15 is 0 Å². The summed E-state index contributed by atoms with van der Waals surface area (Å²) in [7, 11) is 0. The summed E-state index contributed by atoms with van der Waals surface area (Å²) in [6, 6.07) is 4.95. The van der Waals surface area contributed by atoms with E-state index in [1.165, 1.54) is 0 Å². The van der Waals surface area contributed by atoms with Crippen molar-refractivity contribution in [2.45, 2.75) is 56.7 Å². The molecule has 3 atom stereocenters. The molecule has 2 unspecified atom stereocenters. The van der Waals surface area contributed by atoms with Gasteiger partial charge < -0.3 is 20.7 Å². The van der Waals surface area contributed by atoms with Gasteiger partial charge in [0, 0.05) is 17.6 Å². The van der Waals surface area contributed by atoms with Crippen LogP contribution in [0.25, 0.3) is 0 Å². The van der Waals surface area contributed by atoms with Crippen molar-refractivity contribution >= 4 is 35.0 Å². The maximum absolute atomic E-state index is 12.6. The standard InChI is InChI=1S/C21H27Cl2N3O3/c1-12-4-5-24-17(6-12)20(28)25-18-10-21(8-13(18)9-21)26-19(27)11-29-14-2-3-15(22)16(23)7-14/h2-3,7,12-13,17-18,24H,4-6,8-11H2,1H3,(H,25,28)(H,26,27)/t12?,13?,17?,18-,21?/m1/s1. The van der Waals surface area contributed by atoms with Gasteiger partial charge in [-0.1, -0.05) is 30.1 Å². The second-order valence-electron chi connectivity index (χ2n) is 8.82. The van der Waals surface area contributed by atoms with Crippen LogP contribution in [0, 0.1) is 11.8 Å². The number of ether oxygens (including phenoxy) is 1. The van der Waals surface area contributed by atoms with E-state index in [0.29, 0.717) is 27.6 Å². The van der Waals surface area contributed by atoms with E-state index in [4.69, 9.17) is 27.9 Å². The molecular formula is C21H27Cl2N3O3. The molecule has 4 aliphatic rings. The minimum atomic E-state index is -0.214. The maximum atomic E-state index is 12.6. The molecule has 2 bridgehead atoms. The molecule has 0 spiro atoms. The van der Waals surface area contributed by atoms with E-state index in [-0.39, 0.29) is 36.0 Å². The van der Waals surface area contributed by atoms with Crippen LogP contribution in [-0.4, -0.2) is 42.6 Å². The number of hydrogen-bond acceptors (Lipinski definition) is 4. The van der Waals surface area contributed by atoms with Gasteiger partial charge in [0.15, 0.2) is 6.61 Å². The van der Waals surface area contributed by atoms with Gasteiger partial charge in [-0.15, -0.1) is 0 Å². The van der Waals surface area contributed by atoms with Crippen LogP contribution in [0.1, 0.15) is 39.0 Å². The number of halogens is 2. The maximum Gasteiger partial charge on any atom is 0.258 e. The Morgan fingerprint density at radius 1 is 1.24 bits per heavy atom. The Hall–Kier alpha value is -1.50. The molecule has 4 fully saturated rings. The third kappa shape index (κ3) is 4.65. The molecule has 6 nitrogen and oxygen atoms in total. The second-order valence-corrected chi connectivity index (χ2v) is 9.63. The number of fused-ring (bicyclic) bond motifs is 1. The van der Waals surface area contributed by atoms with Crippen molar-refractivity contribution in [3.63, 3.8) is 0 Å². The Morgan fingerprint density at radius 2 is 2.03 bits per heavy atom. The van der Waals surface area contributed by atoms with Crippen molar-refractivity contribution < 1.29 is 14.3 Å². The number of piperidine rings is 1. The zero-order valence-corrected chi connectivity index (χ0v) is 18.0. The summed E-state index contributed by atoms with van der Waals surface area (Å²) in [5, 5.41) is 10.5. The van der Waals surface area contributed by atoms with E-state index in [1.54, 1.807) is 18.2 Å². The van der Waals surface area contributed by atoms with Crippen LogP contribution in [0.3, 0.4) is 0 Å². The fourth-order valence-electron chi connectivity index (χ4n) is 4.94. The zero-order chi connectivity index (χ0) is 20.6. The van der Waals surface area contributed by atoms with Gasteiger partial charge >= 0.3 is 0 Å². The van der Waals surface area contributed by atoms with Gasteiger partial charge in [-0.25, -0.2) is 0 Å². The Morgan fingerprint density at radius 3 is 2.76 bits per heavy atom. The summed E-state index contributed by atoms with van der Waals surface area (Å²) in [5.41, 5.74) is -0.214. The van der Waals surface area contributed by atoms with Crippen molar-refractivity contribution in [1.82, 2.24) is 16.0 Å². The van der Waals surface area contributed by atoms with Crippen LogP contribution in [0.4, 0.5) is 0 Å².